The molecule has 7 nitrogen and oxygen atoms in total. The lowest BCUT2D eigenvalue weighted by Gasteiger charge is -2.42. The molecule has 0 spiro atoms. The maximum absolute atomic E-state index is 13.4. The van der Waals surface area contributed by atoms with E-state index in [2.05, 4.69) is 22.8 Å². The van der Waals surface area contributed by atoms with Gasteiger partial charge in [-0.3, -0.25) is 14.9 Å². The van der Waals surface area contributed by atoms with Gasteiger partial charge in [0.2, 0.25) is 5.91 Å². The number of fused-ring (bicyclic) bond motifs is 4. The molecule has 3 N–H and O–H groups in total. The van der Waals surface area contributed by atoms with E-state index in [4.69, 9.17) is 0 Å². The first-order chi connectivity index (χ1) is 15.9. The van der Waals surface area contributed by atoms with Crippen molar-refractivity contribution < 1.29 is 14.7 Å². The van der Waals surface area contributed by atoms with Gasteiger partial charge in [-0.05, 0) is 62.7 Å². The maximum atomic E-state index is 13.4. The quantitative estimate of drug-likeness (QED) is 0.428. The van der Waals surface area contributed by atoms with Crippen LogP contribution in [0.2, 0.25) is 0 Å². The molecule has 0 aromatic heterocycles. The predicted octanol–water partition coefficient (Wildman–Crippen LogP) is 2.94. The van der Waals surface area contributed by atoms with Crippen molar-refractivity contribution in [2.75, 3.05) is 6.67 Å². The first-order valence-electron chi connectivity index (χ1n) is 13.1. The minimum Gasteiger partial charge on any atom is -0.392 e. The largest absolute Gasteiger partial charge is 0.392 e. The minimum atomic E-state index is -0.576. The van der Waals surface area contributed by atoms with E-state index >= 15 is 0 Å². The molecule has 0 aromatic rings. The average Bonchev–Trinajstić information content (AvgIpc) is 3.18. The van der Waals surface area contributed by atoms with E-state index in [0.29, 0.717) is 29.7 Å². The standard InChI is InChI=1S/C25H40N4O3S/c1-14-7-9-18-21(11-14)33-24-22(18)25(32)29(13-26-24)15(2)23(31)28-27-12-19-17-6-4-3-5-16(17)8-10-20(19)30/h12,14-22,24,26,30H,3-11,13H2,1-2H3,(H,28,31)/b27-12+. The van der Waals surface area contributed by atoms with Crippen LogP contribution in [0.15, 0.2) is 5.10 Å². The Bertz CT molecular complexity index is 779. The van der Waals surface area contributed by atoms with Crippen LogP contribution in [-0.4, -0.2) is 57.5 Å². The second kappa shape index (κ2) is 9.86. The molecule has 0 radical (unpaired) electrons. The van der Waals surface area contributed by atoms with Crippen molar-refractivity contribution in [2.45, 2.75) is 94.4 Å². The lowest BCUT2D eigenvalue weighted by Crippen LogP contribution is -2.60. The number of hydrogen-bond acceptors (Lipinski definition) is 6. The fourth-order valence-electron chi connectivity index (χ4n) is 7.29. The fraction of sp³-hybridized carbons (Fsp3) is 0.880. The Balaban J connectivity index is 1.19. The molecule has 5 aliphatic rings. The summed E-state index contributed by atoms with van der Waals surface area (Å²) in [5.41, 5.74) is 2.68. The highest BCUT2D eigenvalue weighted by Gasteiger charge is 2.53. The second-order valence-corrected chi connectivity index (χ2v) is 12.6. The fourth-order valence-corrected chi connectivity index (χ4v) is 9.27. The van der Waals surface area contributed by atoms with Crippen LogP contribution in [0.5, 0.6) is 0 Å². The number of amides is 2. The Morgan fingerprint density at radius 2 is 2.03 bits per heavy atom. The SMILES string of the molecule is CC1CCC2C(C1)SC1NCN(C(C)C(=O)N/N=C/C3C(O)CCC4CCCCC43)C(=O)C12. The minimum absolute atomic E-state index is 0.0137. The number of carbonyl (C=O) groups excluding carboxylic acids is 2. The summed E-state index contributed by atoms with van der Waals surface area (Å²) in [4.78, 5) is 28.0. The number of hydrogen-bond donors (Lipinski definition) is 3. The van der Waals surface area contributed by atoms with Crippen molar-refractivity contribution in [2.24, 2.45) is 40.6 Å². The molecular formula is C25H40N4O3S. The lowest BCUT2D eigenvalue weighted by atomic mass is 9.65. The van der Waals surface area contributed by atoms with E-state index in [-0.39, 0.29) is 35.1 Å². The molecule has 10 unspecified atom stereocenters. The van der Waals surface area contributed by atoms with Crippen molar-refractivity contribution >= 4 is 29.8 Å². The van der Waals surface area contributed by atoms with E-state index in [9.17, 15) is 14.7 Å². The Kier molecular flexibility index (Phi) is 7.06. The molecule has 0 aromatic carbocycles. The van der Waals surface area contributed by atoms with Crippen LogP contribution in [-0.2, 0) is 9.59 Å². The molecule has 5 rings (SSSR count). The Morgan fingerprint density at radius 3 is 2.88 bits per heavy atom. The van der Waals surface area contributed by atoms with Crippen LogP contribution in [0.3, 0.4) is 0 Å². The predicted molar refractivity (Wildman–Crippen MR) is 130 cm³/mol. The number of nitrogens with zero attached hydrogens (tertiary/aromatic N) is 2. The van der Waals surface area contributed by atoms with E-state index < -0.39 is 6.04 Å². The molecule has 184 valence electrons. The van der Waals surface area contributed by atoms with E-state index in [0.717, 1.165) is 31.6 Å². The van der Waals surface area contributed by atoms with E-state index in [1.54, 1.807) is 18.0 Å². The van der Waals surface area contributed by atoms with Gasteiger partial charge in [0.25, 0.3) is 5.91 Å². The first-order valence-corrected chi connectivity index (χ1v) is 14.1. The van der Waals surface area contributed by atoms with Crippen molar-refractivity contribution in [3.63, 3.8) is 0 Å². The highest BCUT2D eigenvalue weighted by molar-refractivity contribution is 8.00. The average molecular weight is 477 g/mol. The van der Waals surface area contributed by atoms with Gasteiger partial charge in [0.1, 0.15) is 6.04 Å². The number of carbonyl (C=O) groups is 2. The number of hydrazone groups is 1. The van der Waals surface area contributed by atoms with Gasteiger partial charge in [-0.25, -0.2) is 5.43 Å². The normalized spacial score (nSPS) is 44.2. The molecule has 5 fully saturated rings. The lowest BCUT2D eigenvalue weighted by molar-refractivity contribution is -0.148. The van der Waals surface area contributed by atoms with Gasteiger partial charge in [-0.1, -0.05) is 32.6 Å². The van der Waals surface area contributed by atoms with E-state index in [1.165, 1.54) is 32.1 Å². The molecular weight excluding hydrogens is 436 g/mol. The Labute approximate surface area is 201 Å². The van der Waals surface area contributed by atoms with Crippen LogP contribution in [0.1, 0.15) is 71.6 Å². The molecule has 2 aliphatic heterocycles. The summed E-state index contributed by atoms with van der Waals surface area (Å²) in [5.74, 6) is 2.14. The van der Waals surface area contributed by atoms with Gasteiger partial charge in [-0.15, -0.1) is 11.8 Å². The van der Waals surface area contributed by atoms with Crippen LogP contribution < -0.4 is 10.7 Å². The van der Waals surface area contributed by atoms with Crippen molar-refractivity contribution in [3.05, 3.63) is 0 Å². The van der Waals surface area contributed by atoms with Gasteiger partial charge in [0.15, 0.2) is 0 Å². The van der Waals surface area contributed by atoms with Gasteiger partial charge >= 0.3 is 0 Å². The number of aliphatic hydroxyl groups excluding tert-OH is 1. The molecule has 0 bridgehead atoms. The highest BCUT2D eigenvalue weighted by atomic mass is 32.2. The number of aliphatic hydroxyl groups is 1. The number of rotatable bonds is 4. The molecule has 33 heavy (non-hydrogen) atoms. The monoisotopic (exact) mass is 476 g/mol. The summed E-state index contributed by atoms with van der Waals surface area (Å²) in [6.45, 7) is 4.51. The smallest absolute Gasteiger partial charge is 0.262 e. The summed E-state index contributed by atoms with van der Waals surface area (Å²) in [5, 5.41) is 19.1. The van der Waals surface area contributed by atoms with Gasteiger partial charge < -0.3 is 10.0 Å². The topological polar surface area (TPSA) is 94.0 Å². The van der Waals surface area contributed by atoms with Crippen molar-refractivity contribution in [1.29, 1.82) is 0 Å². The third kappa shape index (κ3) is 4.59. The van der Waals surface area contributed by atoms with Crippen LogP contribution in [0, 0.1) is 35.5 Å². The van der Waals surface area contributed by atoms with Gasteiger partial charge in [0, 0.05) is 17.4 Å². The van der Waals surface area contributed by atoms with Crippen molar-refractivity contribution in [3.8, 4) is 0 Å². The molecule has 3 saturated carbocycles. The molecule has 3 aliphatic carbocycles. The van der Waals surface area contributed by atoms with Crippen molar-refractivity contribution in [1.82, 2.24) is 15.6 Å². The molecule has 2 amide bonds. The molecule has 10 atom stereocenters. The first kappa shape index (κ1) is 23.6. The number of thioether (sulfide) groups is 1. The Hall–Kier alpha value is -1.12. The second-order valence-electron chi connectivity index (χ2n) is 11.2. The molecule has 2 heterocycles. The molecule has 2 saturated heterocycles. The number of nitrogens with one attached hydrogen (secondary N) is 2. The molecule has 8 heteroatoms. The van der Waals surface area contributed by atoms with Crippen LogP contribution in [0.25, 0.3) is 0 Å². The zero-order chi connectivity index (χ0) is 23.1. The summed E-state index contributed by atoms with van der Waals surface area (Å²) >= 11 is 1.94. The van der Waals surface area contributed by atoms with Crippen LogP contribution >= 0.6 is 11.8 Å². The van der Waals surface area contributed by atoms with Crippen LogP contribution in [0.4, 0.5) is 0 Å². The summed E-state index contributed by atoms with van der Waals surface area (Å²) < 4.78 is 0. The zero-order valence-electron chi connectivity index (χ0n) is 20.0. The summed E-state index contributed by atoms with van der Waals surface area (Å²) in [6, 6.07) is -0.576. The third-order valence-electron chi connectivity index (χ3n) is 9.25. The van der Waals surface area contributed by atoms with Gasteiger partial charge in [0.05, 0.1) is 24.1 Å². The maximum Gasteiger partial charge on any atom is 0.262 e. The zero-order valence-corrected chi connectivity index (χ0v) is 20.8. The summed E-state index contributed by atoms with van der Waals surface area (Å²) in [7, 11) is 0. The van der Waals surface area contributed by atoms with Gasteiger partial charge in [-0.2, -0.15) is 5.10 Å². The third-order valence-corrected chi connectivity index (χ3v) is 10.9. The Morgan fingerprint density at radius 1 is 1.21 bits per heavy atom. The summed E-state index contributed by atoms with van der Waals surface area (Å²) in [6.07, 6.45) is 11.7. The highest BCUT2D eigenvalue weighted by Crippen LogP contribution is 2.51. The van der Waals surface area contributed by atoms with E-state index in [1.807, 2.05) is 11.8 Å².